The predicted molar refractivity (Wildman–Crippen MR) is 135 cm³/mol. The monoisotopic (exact) mass is 501 g/mol. The quantitative estimate of drug-likeness (QED) is 0.433. The van der Waals surface area contributed by atoms with E-state index < -0.39 is 23.6 Å². The summed E-state index contributed by atoms with van der Waals surface area (Å²) in [5, 5.41) is 15.9. The van der Waals surface area contributed by atoms with Gasteiger partial charge in [0.15, 0.2) is 0 Å². The second kappa shape index (κ2) is 11.3. The van der Waals surface area contributed by atoms with E-state index in [0.717, 1.165) is 21.7 Å². The molecule has 190 valence electrons. The SMILES string of the molecule is Cc1ncsc1-c1ccc(CNC(=O)[C@@H]2C[C@@H](O)CN2C(=O)[C@H](NC(=O)CCN)C(C)(C)C)cc1. The number of aromatic nitrogens is 1. The molecule has 10 heteroatoms. The van der Waals surface area contributed by atoms with Gasteiger partial charge in [-0.2, -0.15) is 0 Å². The predicted octanol–water partition coefficient (Wildman–Crippen LogP) is 1.58. The van der Waals surface area contributed by atoms with E-state index in [1.807, 2.05) is 57.5 Å². The number of aryl methyl sites for hydroxylation is 1. The number of rotatable bonds is 8. The van der Waals surface area contributed by atoms with Crippen LogP contribution in [-0.2, 0) is 20.9 Å². The van der Waals surface area contributed by atoms with Crippen molar-refractivity contribution < 1.29 is 19.5 Å². The Morgan fingerprint density at radius 2 is 1.94 bits per heavy atom. The summed E-state index contributed by atoms with van der Waals surface area (Å²) in [5.74, 6) is -1.04. The molecule has 3 amide bonds. The molecule has 3 rings (SSSR count). The Morgan fingerprint density at radius 1 is 1.26 bits per heavy atom. The number of benzene rings is 1. The minimum Gasteiger partial charge on any atom is -0.391 e. The zero-order valence-corrected chi connectivity index (χ0v) is 21.5. The maximum Gasteiger partial charge on any atom is 0.246 e. The van der Waals surface area contributed by atoms with Crippen LogP contribution in [0.3, 0.4) is 0 Å². The van der Waals surface area contributed by atoms with Gasteiger partial charge in [0.05, 0.1) is 22.2 Å². The van der Waals surface area contributed by atoms with Crippen molar-refractivity contribution in [2.75, 3.05) is 13.1 Å². The molecule has 1 aromatic heterocycles. The molecule has 1 aliphatic rings. The van der Waals surface area contributed by atoms with Gasteiger partial charge in [-0.05, 0) is 23.5 Å². The van der Waals surface area contributed by atoms with Crippen LogP contribution >= 0.6 is 11.3 Å². The molecule has 1 fully saturated rings. The first-order valence-electron chi connectivity index (χ1n) is 11.8. The summed E-state index contributed by atoms with van der Waals surface area (Å²) in [6, 6.07) is 6.23. The van der Waals surface area contributed by atoms with E-state index in [4.69, 9.17) is 5.73 Å². The van der Waals surface area contributed by atoms with E-state index in [2.05, 4.69) is 15.6 Å². The summed E-state index contributed by atoms with van der Waals surface area (Å²) in [6.07, 6.45) is -0.556. The Kier molecular flexibility index (Phi) is 8.63. The van der Waals surface area contributed by atoms with Crippen molar-refractivity contribution in [3.63, 3.8) is 0 Å². The second-order valence-corrected chi connectivity index (χ2v) is 10.8. The molecule has 2 heterocycles. The van der Waals surface area contributed by atoms with Crippen molar-refractivity contribution in [2.24, 2.45) is 11.1 Å². The molecule has 0 aliphatic carbocycles. The van der Waals surface area contributed by atoms with Crippen LogP contribution in [0, 0.1) is 12.3 Å². The average molecular weight is 502 g/mol. The standard InChI is InChI=1S/C25H35N5O4S/c1-15-21(35-14-28-15)17-7-5-16(6-8-17)12-27-23(33)19-11-18(31)13-30(19)24(34)22(25(2,3)4)29-20(32)9-10-26/h5-8,14,18-19,22,31H,9-13,26H2,1-4H3,(H,27,33)(H,29,32)/t18-,19+,22+/m1/s1. The van der Waals surface area contributed by atoms with Crippen molar-refractivity contribution in [2.45, 2.75) is 65.3 Å². The number of aliphatic hydroxyl groups excluding tert-OH is 1. The lowest BCUT2D eigenvalue weighted by molar-refractivity contribution is -0.144. The van der Waals surface area contributed by atoms with Crippen LogP contribution in [0.25, 0.3) is 10.4 Å². The van der Waals surface area contributed by atoms with Crippen molar-refractivity contribution in [3.05, 3.63) is 41.0 Å². The lowest BCUT2D eigenvalue weighted by atomic mass is 9.85. The number of carbonyl (C=O) groups is 3. The maximum absolute atomic E-state index is 13.4. The van der Waals surface area contributed by atoms with Gasteiger partial charge < -0.3 is 26.4 Å². The highest BCUT2D eigenvalue weighted by molar-refractivity contribution is 7.13. The summed E-state index contributed by atoms with van der Waals surface area (Å²) in [4.78, 5) is 45.4. The highest BCUT2D eigenvalue weighted by Gasteiger charge is 2.44. The molecule has 2 aromatic rings. The van der Waals surface area contributed by atoms with E-state index in [9.17, 15) is 19.5 Å². The molecule has 0 bridgehead atoms. The minimum absolute atomic E-state index is 0.0408. The molecule has 5 N–H and O–H groups in total. The Labute approximate surface area is 210 Å². The molecule has 1 aromatic carbocycles. The minimum atomic E-state index is -0.843. The third-order valence-corrected chi connectivity index (χ3v) is 7.06. The number of nitrogens with two attached hydrogens (primary N) is 1. The van der Waals surface area contributed by atoms with Crippen LogP contribution in [0.1, 0.15) is 44.9 Å². The zero-order valence-electron chi connectivity index (χ0n) is 20.7. The first-order chi connectivity index (χ1) is 16.5. The number of thiazole rings is 1. The largest absolute Gasteiger partial charge is 0.391 e. The topological polar surface area (TPSA) is 138 Å². The van der Waals surface area contributed by atoms with Gasteiger partial charge in [-0.3, -0.25) is 14.4 Å². The Morgan fingerprint density at radius 3 is 2.51 bits per heavy atom. The number of nitrogens with zero attached hydrogens (tertiary/aromatic N) is 2. The van der Waals surface area contributed by atoms with E-state index >= 15 is 0 Å². The number of likely N-dealkylation sites (tertiary alicyclic amines) is 1. The fraction of sp³-hybridized carbons (Fsp3) is 0.520. The summed E-state index contributed by atoms with van der Waals surface area (Å²) in [5.41, 5.74) is 9.66. The van der Waals surface area contributed by atoms with Crippen molar-refractivity contribution >= 4 is 29.1 Å². The maximum atomic E-state index is 13.4. The Hall–Kier alpha value is -2.82. The summed E-state index contributed by atoms with van der Waals surface area (Å²) < 4.78 is 0. The van der Waals surface area contributed by atoms with Gasteiger partial charge in [-0.25, -0.2) is 4.98 Å². The Balaban J connectivity index is 1.67. The lowest BCUT2D eigenvalue weighted by Gasteiger charge is -2.35. The molecule has 0 unspecified atom stereocenters. The normalized spacial score (nSPS) is 18.9. The van der Waals surface area contributed by atoms with Crippen molar-refractivity contribution in [1.82, 2.24) is 20.5 Å². The number of hydrogen-bond acceptors (Lipinski definition) is 7. The Bertz CT molecular complexity index is 1050. The third kappa shape index (κ3) is 6.65. The van der Waals surface area contributed by atoms with Gasteiger partial charge in [0.2, 0.25) is 17.7 Å². The van der Waals surface area contributed by atoms with Crippen LogP contribution in [0.2, 0.25) is 0 Å². The van der Waals surface area contributed by atoms with Gasteiger partial charge in [-0.1, -0.05) is 45.0 Å². The van der Waals surface area contributed by atoms with Crippen LogP contribution < -0.4 is 16.4 Å². The van der Waals surface area contributed by atoms with E-state index in [1.165, 1.54) is 4.90 Å². The van der Waals surface area contributed by atoms with E-state index in [-0.39, 0.29) is 43.7 Å². The number of hydrogen-bond donors (Lipinski definition) is 4. The zero-order chi connectivity index (χ0) is 25.8. The highest BCUT2D eigenvalue weighted by atomic mass is 32.1. The number of amides is 3. The molecule has 1 aliphatic heterocycles. The molecular formula is C25H35N5O4S. The molecule has 9 nitrogen and oxygen atoms in total. The van der Waals surface area contributed by atoms with Crippen molar-refractivity contribution in [3.8, 4) is 10.4 Å². The van der Waals surface area contributed by atoms with Crippen LogP contribution in [-0.4, -0.2) is 64.0 Å². The van der Waals surface area contributed by atoms with E-state index in [1.54, 1.807) is 11.3 Å². The molecule has 1 saturated heterocycles. The summed E-state index contributed by atoms with van der Waals surface area (Å²) in [7, 11) is 0. The lowest BCUT2D eigenvalue weighted by Crippen LogP contribution is -2.57. The second-order valence-electron chi connectivity index (χ2n) is 9.98. The summed E-state index contributed by atoms with van der Waals surface area (Å²) >= 11 is 1.58. The molecule has 3 atom stereocenters. The van der Waals surface area contributed by atoms with Gasteiger partial charge in [0.25, 0.3) is 0 Å². The number of nitrogens with one attached hydrogen (secondary N) is 2. The van der Waals surface area contributed by atoms with Gasteiger partial charge >= 0.3 is 0 Å². The average Bonchev–Trinajstić information content (AvgIpc) is 3.40. The van der Waals surface area contributed by atoms with Gasteiger partial charge in [-0.15, -0.1) is 11.3 Å². The summed E-state index contributed by atoms with van der Waals surface area (Å²) in [6.45, 7) is 8.02. The van der Waals surface area contributed by atoms with Gasteiger partial charge in [0.1, 0.15) is 12.1 Å². The number of β-amino-alcohol motifs (C(OH)–C–C–N with tert-alkyl or cyclic N) is 1. The van der Waals surface area contributed by atoms with Crippen LogP contribution in [0.4, 0.5) is 0 Å². The molecule has 0 radical (unpaired) electrons. The highest BCUT2D eigenvalue weighted by Crippen LogP contribution is 2.28. The van der Waals surface area contributed by atoms with Crippen molar-refractivity contribution in [1.29, 1.82) is 0 Å². The first-order valence-corrected chi connectivity index (χ1v) is 12.6. The van der Waals surface area contributed by atoms with Gasteiger partial charge in [0, 0.05) is 32.5 Å². The number of aliphatic hydroxyl groups is 1. The first kappa shape index (κ1) is 26.8. The molecular weight excluding hydrogens is 466 g/mol. The number of carbonyl (C=O) groups excluding carboxylic acids is 3. The smallest absolute Gasteiger partial charge is 0.246 e. The van der Waals surface area contributed by atoms with Crippen LogP contribution in [0.15, 0.2) is 29.8 Å². The fourth-order valence-electron chi connectivity index (χ4n) is 4.14. The van der Waals surface area contributed by atoms with E-state index in [0.29, 0.717) is 6.54 Å². The molecule has 0 saturated carbocycles. The van der Waals surface area contributed by atoms with Crippen LogP contribution in [0.5, 0.6) is 0 Å². The fourth-order valence-corrected chi connectivity index (χ4v) is 4.96. The third-order valence-electron chi connectivity index (χ3n) is 6.08. The molecule has 35 heavy (non-hydrogen) atoms. The molecule has 0 spiro atoms.